The number of likely N-dealkylation sites (N-methyl/N-ethyl adjacent to an activating group) is 1. The molecule has 1 atom stereocenters. The van der Waals surface area contributed by atoms with Gasteiger partial charge in [0.25, 0.3) is 0 Å². The van der Waals surface area contributed by atoms with E-state index in [1.807, 2.05) is 37.0 Å². The summed E-state index contributed by atoms with van der Waals surface area (Å²) < 4.78 is 7.21. The van der Waals surface area contributed by atoms with E-state index in [9.17, 15) is 9.90 Å². The van der Waals surface area contributed by atoms with Crippen LogP contribution < -0.4 is 0 Å². The van der Waals surface area contributed by atoms with Crippen LogP contribution in [0.4, 0.5) is 0 Å². The van der Waals surface area contributed by atoms with E-state index in [4.69, 9.17) is 4.74 Å². The van der Waals surface area contributed by atoms with E-state index in [2.05, 4.69) is 14.8 Å². The number of pyridine rings is 1. The first-order chi connectivity index (χ1) is 14.5. The van der Waals surface area contributed by atoms with Gasteiger partial charge in [-0.3, -0.25) is 9.78 Å². The molecule has 0 spiro atoms. The van der Waals surface area contributed by atoms with Crippen LogP contribution in [0.1, 0.15) is 40.0 Å². The molecule has 0 amide bonds. The van der Waals surface area contributed by atoms with Crippen molar-refractivity contribution in [3.63, 3.8) is 0 Å². The summed E-state index contributed by atoms with van der Waals surface area (Å²) in [5, 5.41) is 12.2. The van der Waals surface area contributed by atoms with Gasteiger partial charge in [0.05, 0.1) is 12.3 Å². The Balaban J connectivity index is 1.70. The minimum atomic E-state index is -1.17. The van der Waals surface area contributed by atoms with Crippen LogP contribution in [0.3, 0.4) is 0 Å². The van der Waals surface area contributed by atoms with Crippen molar-refractivity contribution < 1.29 is 14.6 Å². The summed E-state index contributed by atoms with van der Waals surface area (Å²) in [5.41, 5.74) is 1.43. The van der Waals surface area contributed by atoms with Crippen molar-refractivity contribution in [2.45, 2.75) is 25.0 Å². The van der Waals surface area contributed by atoms with Gasteiger partial charge < -0.3 is 24.2 Å². The second kappa shape index (κ2) is 8.59. The molecule has 3 heterocycles. The van der Waals surface area contributed by atoms with Crippen LogP contribution in [0.25, 0.3) is 0 Å². The average Bonchev–Trinajstić information content (AvgIpc) is 3.20. The molecule has 4 rings (SSSR count). The van der Waals surface area contributed by atoms with E-state index in [0.717, 1.165) is 51.2 Å². The quantitative estimate of drug-likeness (QED) is 0.745. The minimum Gasteiger partial charge on any atom is -0.383 e. The van der Waals surface area contributed by atoms with E-state index in [1.165, 1.54) is 0 Å². The summed E-state index contributed by atoms with van der Waals surface area (Å²) in [6.45, 7) is 4.99. The third kappa shape index (κ3) is 3.60. The highest BCUT2D eigenvalue weighted by Gasteiger charge is 2.49. The van der Waals surface area contributed by atoms with Gasteiger partial charge in [-0.2, -0.15) is 0 Å². The summed E-state index contributed by atoms with van der Waals surface area (Å²) in [6, 6.07) is 3.77. The first-order valence-electron chi connectivity index (χ1n) is 10.7. The van der Waals surface area contributed by atoms with Crippen LogP contribution >= 0.6 is 0 Å². The highest BCUT2D eigenvalue weighted by Crippen LogP contribution is 2.48. The zero-order valence-electron chi connectivity index (χ0n) is 18.2. The van der Waals surface area contributed by atoms with E-state index < -0.39 is 5.60 Å². The van der Waals surface area contributed by atoms with Gasteiger partial charge in [-0.25, -0.2) is 0 Å². The standard InChI is InChI=1S/C23H32N4O3/c1-25(2)12-13-27-11-7-20-21(27)22(28)18-16-24-8-4-19(18)23(20,29)17-5-9-26(10-6-17)14-15-30-3/h4,7-8,11,16-17,29H,5-6,9-10,12-15H2,1-3H3. The van der Waals surface area contributed by atoms with Crippen LogP contribution in [0.5, 0.6) is 0 Å². The number of carbonyl (C=O) groups excluding carboxylic acids is 1. The molecule has 1 unspecified atom stereocenters. The van der Waals surface area contributed by atoms with Crippen molar-refractivity contribution in [3.05, 3.63) is 53.1 Å². The molecule has 1 saturated heterocycles. The number of fused-ring (bicyclic) bond motifs is 2. The number of hydrogen-bond acceptors (Lipinski definition) is 6. The Hall–Kier alpha value is -2.06. The first-order valence-corrected chi connectivity index (χ1v) is 10.7. The molecule has 7 heteroatoms. The second-order valence-corrected chi connectivity index (χ2v) is 8.70. The summed E-state index contributed by atoms with van der Waals surface area (Å²) in [5.74, 6) is 0.00746. The van der Waals surface area contributed by atoms with Crippen LogP contribution in [0.2, 0.25) is 0 Å². The van der Waals surface area contributed by atoms with E-state index in [0.29, 0.717) is 23.4 Å². The molecule has 1 N–H and O–H groups in total. The maximum absolute atomic E-state index is 13.4. The zero-order valence-corrected chi connectivity index (χ0v) is 18.2. The number of hydrogen-bond donors (Lipinski definition) is 1. The monoisotopic (exact) mass is 412 g/mol. The number of aromatic nitrogens is 2. The third-order valence-corrected chi connectivity index (χ3v) is 6.64. The molecule has 0 radical (unpaired) electrons. The van der Waals surface area contributed by atoms with Gasteiger partial charge in [-0.05, 0) is 58.1 Å². The molecule has 2 aliphatic rings. The molecular formula is C23H32N4O3. The molecular weight excluding hydrogens is 380 g/mol. The van der Waals surface area contributed by atoms with E-state index in [-0.39, 0.29) is 11.7 Å². The second-order valence-electron chi connectivity index (χ2n) is 8.70. The molecule has 1 aliphatic heterocycles. The lowest BCUT2D eigenvalue weighted by Gasteiger charge is -2.44. The van der Waals surface area contributed by atoms with Crippen molar-refractivity contribution in [3.8, 4) is 0 Å². The van der Waals surface area contributed by atoms with Gasteiger partial charge in [-0.15, -0.1) is 0 Å². The Morgan fingerprint density at radius 1 is 1.23 bits per heavy atom. The number of likely N-dealkylation sites (tertiary alicyclic amines) is 1. The fourth-order valence-corrected chi connectivity index (χ4v) is 4.94. The minimum absolute atomic E-state index is 0.0425. The Bertz CT molecular complexity index is 902. The summed E-state index contributed by atoms with van der Waals surface area (Å²) in [6.07, 6.45) is 6.99. The molecule has 30 heavy (non-hydrogen) atoms. The smallest absolute Gasteiger partial charge is 0.211 e. The summed E-state index contributed by atoms with van der Waals surface area (Å²) in [4.78, 5) is 22.0. The summed E-state index contributed by atoms with van der Waals surface area (Å²) >= 11 is 0. The van der Waals surface area contributed by atoms with Gasteiger partial charge >= 0.3 is 0 Å². The maximum atomic E-state index is 13.4. The van der Waals surface area contributed by atoms with Crippen LogP contribution in [0.15, 0.2) is 30.7 Å². The van der Waals surface area contributed by atoms with Crippen LogP contribution in [0, 0.1) is 5.92 Å². The van der Waals surface area contributed by atoms with E-state index >= 15 is 0 Å². The maximum Gasteiger partial charge on any atom is 0.211 e. The fraction of sp³-hybridized carbons (Fsp3) is 0.565. The molecule has 1 aliphatic carbocycles. The largest absolute Gasteiger partial charge is 0.383 e. The number of nitrogens with zero attached hydrogens (tertiary/aromatic N) is 4. The predicted molar refractivity (Wildman–Crippen MR) is 115 cm³/mol. The Labute approximate surface area is 178 Å². The molecule has 2 aromatic heterocycles. The third-order valence-electron chi connectivity index (χ3n) is 6.64. The molecule has 0 bridgehead atoms. The van der Waals surface area contributed by atoms with Gasteiger partial charge in [0, 0.05) is 62.0 Å². The predicted octanol–water partition coefficient (Wildman–Crippen LogP) is 1.58. The van der Waals surface area contributed by atoms with E-state index in [1.54, 1.807) is 19.5 Å². The number of rotatable bonds is 7. The lowest BCUT2D eigenvalue weighted by Crippen LogP contribution is -2.47. The first kappa shape index (κ1) is 21.2. The van der Waals surface area contributed by atoms with Crippen molar-refractivity contribution >= 4 is 5.78 Å². The zero-order chi connectivity index (χ0) is 21.3. The molecule has 2 aromatic rings. The van der Waals surface area contributed by atoms with Crippen molar-refractivity contribution in [2.24, 2.45) is 5.92 Å². The SMILES string of the molecule is COCCN1CCC(C2(O)c3ccncc3C(=O)c3c2ccn3CCN(C)C)CC1. The normalized spacial score (nSPS) is 22.4. The molecule has 162 valence electrons. The highest BCUT2D eigenvalue weighted by molar-refractivity contribution is 6.12. The van der Waals surface area contributed by atoms with Crippen molar-refractivity contribution in [1.82, 2.24) is 19.4 Å². The Morgan fingerprint density at radius 2 is 2.00 bits per heavy atom. The van der Waals surface area contributed by atoms with Gasteiger partial charge in [0.2, 0.25) is 5.78 Å². The summed E-state index contributed by atoms with van der Waals surface area (Å²) in [7, 11) is 5.76. The number of ether oxygens (including phenoxy) is 1. The van der Waals surface area contributed by atoms with Crippen LogP contribution in [-0.2, 0) is 16.9 Å². The lowest BCUT2D eigenvalue weighted by atomic mass is 9.67. The van der Waals surface area contributed by atoms with Gasteiger partial charge in [-0.1, -0.05) is 0 Å². The molecule has 1 fully saturated rings. The molecule has 0 saturated carbocycles. The Morgan fingerprint density at radius 3 is 2.70 bits per heavy atom. The topological polar surface area (TPSA) is 70.8 Å². The van der Waals surface area contributed by atoms with Crippen molar-refractivity contribution in [1.29, 1.82) is 0 Å². The van der Waals surface area contributed by atoms with Crippen molar-refractivity contribution in [2.75, 3.05) is 54.0 Å². The lowest BCUT2D eigenvalue weighted by molar-refractivity contribution is -0.0189. The number of methoxy groups -OCH3 is 1. The average molecular weight is 413 g/mol. The number of aliphatic hydroxyl groups is 1. The fourth-order valence-electron chi connectivity index (χ4n) is 4.94. The number of ketones is 1. The Kier molecular flexibility index (Phi) is 6.06. The number of piperidine rings is 1. The highest BCUT2D eigenvalue weighted by atomic mass is 16.5. The van der Waals surface area contributed by atoms with Gasteiger partial charge in [0.15, 0.2) is 0 Å². The molecule has 7 nitrogen and oxygen atoms in total. The van der Waals surface area contributed by atoms with Crippen LogP contribution in [-0.4, -0.2) is 84.2 Å². The number of carbonyl (C=O) groups is 1. The van der Waals surface area contributed by atoms with Gasteiger partial charge in [0.1, 0.15) is 5.60 Å². The molecule has 0 aromatic carbocycles.